The summed E-state index contributed by atoms with van der Waals surface area (Å²) in [5.41, 5.74) is 0.00766. The predicted octanol–water partition coefficient (Wildman–Crippen LogP) is 0.978. The summed E-state index contributed by atoms with van der Waals surface area (Å²) in [5.74, 6) is -0.308. The first-order valence-electron chi connectivity index (χ1n) is 7.23. The summed E-state index contributed by atoms with van der Waals surface area (Å²) in [6, 6.07) is 4.41. The third kappa shape index (κ3) is 3.06. The minimum absolute atomic E-state index is 0.0325. The van der Waals surface area contributed by atoms with Crippen molar-refractivity contribution in [3.05, 3.63) is 38.9 Å². The molecule has 3 saturated heterocycles. The van der Waals surface area contributed by atoms with Crippen LogP contribution in [-0.4, -0.2) is 65.9 Å². The third-order valence-corrected chi connectivity index (χ3v) is 4.62. The Morgan fingerprint density at radius 3 is 2.68 bits per heavy atom. The molecule has 0 aromatic heterocycles. The molecule has 8 heteroatoms. The smallest absolute Gasteiger partial charge is 0.288 e. The maximum atomic E-state index is 12.2. The molecule has 4 rings (SSSR count). The Bertz CT molecular complexity index is 602. The van der Waals surface area contributed by atoms with Gasteiger partial charge in [0.15, 0.2) is 0 Å². The number of rotatable bonds is 4. The fourth-order valence-electron chi connectivity index (χ4n) is 3.02. The van der Waals surface area contributed by atoms with E-state index in [0.29, 0.717) is 12.6 Å². The number of hydrogen-bond acceptors (Lipinski definition) is 5. The lowest BCUT2D eigenvalue weighted by Crippen LogP contribution is -2.63. The summed E-state index contributed by atoms with van der Waals surface area (Å²) >= 11 is 5.75. The molecule has 0 aliphatic carbocycles. The van der Waals surface area contributed by atoms with Crippen molar-refractivity contribution in [2.24, 2.45) is 0 Å². The second-order valence-corrected chi connectivity index (χ2v) is 6.03. The van der Waals surface area contributed by atoms with Gasteiger partial charge in [0.2, 0.25) is 0 Å². The van der Waals surface area contributed by atoms with Gasteiger partial charge in [-0.2, -0.15) is 0 Å². The van der Waals surface area contributed by atoms with Crippen LogP contribution in [0.25, 0.3) is 0 Å². The van der Waals surface area contributed by atoms with Crippen molar-refractivity contribution >= 4 is 23.2 Å². The number of carbonyl (C=O) groups excluding carboxylic acids is 1. The lowest BCUT2D eigenvalue weighted by molar-refractivity contribution is -0.384. The van der Waals surface area contributed by atoms with Crippen molar-refractivity contribution in [1.82, 2.24) is 15.1 Å². The van der Waals surface area contributed by atoms with Crippen LogP contribution in [0.15, 0.2) is 18.2 Å². The van der Waals surface area contributed by atoms with Crippen LogP contribution in [0.2, 0.25) is 5.02 Å². The minimum atomic E-state index is -0.585. The van der Waals surface area contributed by atoms with E-state index in [-0.39, 0.29) is 22.2 Å². The summed E-state index contributed by atoms with van der Waals surface area (Å²) in [4.78, 5) is 27.2. The zero-order chi connectivity index (χ0) is 15.7. The van der Waals surface area contributed by atoms with Gasteiger partial charge in [-0.25, -0.2) is 0 Å². The topological polar surface area (TPSA) is 78.7 Å². The number of hydrogen-bond donors (Lipinski definition) is 1. The van der Waals surface area contributed by atoms with Crippen LogP contribution in [0.5, 0.6) is 0 Å². The molecule has 0 saturated carbocycles. The first-order chi connectivity index (χ1) is 10.5. The molecule has 2 bridgehead atoms. The molecule has 1 atom stereocenters. The molecular weight excluding hydrogens is 308 g/mol. The fourth-order valence-corrected chi connectivity index (χ4v) is 3.21. The molecule has 3 aliphatic rings. The van der Waals surface area contributed by atoms with Crippen molar-refractivity contribution < 1.29 is 9.72 Å². The monoisotopic (exact) mass is 324 g/mol. The lowest BCUT2D eigenvalue weighted by atomic mass is 10.1. The van der Waals surface area contributed by atoms with E-state index in [1.165, 1.54) is 18.2 Å². The maximum absolute atomic E-state index is 12.2. The molecule has 7 nitrogen and oxygen atoms in total. The van der Waals surface area contributed by atoms with E-state index >= 15 is 0 Å². The molecule has 1 aromatic rings. The molecule has 1 amide bonds. The van der Waals surface area contributed by atoms with E-state index in [2.05, 4.69) is 15.1 Å². The Labute approximate surface area is 133 Å². The van der Waals surface area contributed by atoms with Gasteiger partial charge in [-0.3, -0.25) is 24.7 Å². The van der Waals surface area contributed by atoms with Crippen LogP contribution in [0.1, 0.15) is 10.4 Å². The zero-order valence-electron chi connectivity index (χ0n) is 12.0. The number of benzene rings is 1. The number of nitrogens with zero attached hydrogens (tertiary/aromatic N) is 3. The molecule has 1 aromatic carbocycles. The Hall–Kier alpha value is -1.70. The minimum Gasteiger partial charge on any atom is -0.350 e. The van der Waals surface area contributed by atoms with E-state index in [9.17, 15) is 14.9 Å². The van der Waals surface area contributed by atoms with Gasteiger partial charge >= 0.3 is 0 Å². The summed E-state index contributed by atoms with van der Waals surface area (Å²) in [7, 11) is 0. The molecule has 0 radical (unpaired) electrons. The first-order valence-corrected chi connectivity index (χ1v) is 7.61. The summed E-state index contributed by atoms with van der Waals surface area (Å²) in [6.45, 7) is 5.76. The Kier molecular flexibility index (Phi) is 4.28. The van der Waals surface area contributed by atoms with Crippen molar-refractivity contribution in [3.63, 3.8) is 0 Å². The molecule has 3 aliphatic heterocycles. The second kappa shape index (κ2) is 6.20. The average molecular weight is 325 g/mol. The Morgan fingerprint density at radius 1 is 1.36 bits per heavy atom. The summed E-state index contributed by atoms with van der Waals surface area (Å²) < 4.78 is 0. The van der Waals surface area contributed by atoms with E-state index < -0.39 is 4.92 Å². The number of nitro benzene ring substituents is 1. The molecule has 1 unspecified atom stereocenters. The Balaban J connectivity index is 1.62. The van der Waals surface area contributed by atoms with Crippen molar-refractivity contribution in [3.8, 4) is 0 Å². The van der Waals surface area contributed by atoms with Crippen LogP contribution in [-0.2, 0) is 0 Å². The normalized spacial score (nSPS) is 26.7. The molecule has 22 heavy (non-hydrogen) atoms. The van der Waals surface area contributed by atoms with Gasteiger partial charge in [0.05, 0.1) is 4.92 Å². The number of halogens is 1. The molecule has 3 heterocycles. The third-order valence-electron chi connectivity index (χ3n) is 4.30. The van der Waals surface area contributed by atoms with Crippen molar-refractivity contribution in [2.75, 3.05) is 39.3 Å². The number of nitro groups is 1. The first kappa shape index (κ1) is 15.2. The van der Waals surface area contributed by atoms with Gasteiger partial charge in [-0.15, -0.1) is 0 Å². The highest BCUT2D eigenvalue weighted by Gasteiger charge is 2.31. The van der Waals surface area contributed by atoms with E-state index in [0.717, 1.165) is 32.7 Å². The standard InChI is InChI=1S/C14H17ClN4O3/c15-12-2-1-10(7-13(12)19(21)22)14(20)16-8-11-9-17-3-5-18(11)6-4-17/h1-2,7,11H,3-6,8-9H2,(H,16,20). The predicted molar refractivity (Wildman–Crippen MR) is 82.2 cm³/mol. The summed E-state index contributed by atoms with van der Waals surface area (Å²) in [6.07, 6.45) is 0. The van der Waals surface area contributed by atoms with Crippen LogP contribution < -0.4 is 5.32 Å². The van der Waals surface area contributed by atoms with Crippen LogP contribution in [0.3, 0.4) is 0 Å². The fraction of sp³-hybridized carbons (Fsp3) is 0.500. The van der Waals surface area contributed by atoms with Crippen LogP contribution in [0, 0.1) is 10.1 Å². The number of fused-ring (bicyclic) bond motifs is 3. The molecule has 0 spiro atoms. The largest absolute Gasteiger partial charge is 0.350 e. The van der Waals surface area contributed by atoms with Crippen LogP contribution >= 0.6 is 11.6 Å². The lowest BCUT2D eigenvalue weighted by Gasteiger charge is -2.47. The van der Waals surface area contributed by atoms with Crippen molar-refractivity contribution in [2.45, 2.75) is 6.04 Å². The van der Waals surface area contributed by atoms with Crippen molar-refractivity contribution in [1.29, 1.82) is 0 Å². The quantitative estimate of drug-likeness (QED) is 0.659. The van der Waals surface area contributed by atoms with Gasteiger partial charge in [0.1, 0.15) is 5.02 Å². The summed E-state index contributed by atoms with van der Waals surface area (Å²) in [5, 5.41) is 13.8. The van der Waals surface area contributed by atoms with Gasteiger partial charge < -0.3 is 5.32 Å². The maximum Gasteiger partial charge on any atom is 0.288 e. The SMILES string of the molecule is O=C(NCC1CN2CCN1CC2)c1ccc(Cl)c([N+](=O)[O-])c1. The van der Waals surface area contributed by atoms with Gasteiger partial charge in [-0.1, -0.05) is 11.6 Å². The van der Waals surface area contributed by atoms with Crippen LogP contribution in [0.4, 0.5) is 5.69 Å². The highest BCUT2D eigenvalue weighted by Crippen LogP contribution is 2.25. The van der Waals surface area contributed by atoms with E-state index in [4.69, 9.17) is 11.6 Å². The number of nitrogens with one attached hydrogen (secondary N) is 1. The second-order valence-electron chi connectivity index (χ2n) is 5.62. The number of piperazine rings is 3. The molecule has 1 N–H and O–H groups in total. The number of carbonyl (C=O) groups is 1. The molecule has 118 valence electrons. The van der Waals surface area contributed by atoms with E-state index in [1.807, 2.05) is 0 Å². The average Bonchev–Trinajstić information content (AvgIpc) is 2.54. The highest BCUT2D eigenvalue weighted by atomic mass is 35.5. The van der Waals surface area contributed by atoms with Gasteiger partial charge in [-0.05, 0) is 12.1 Å². The number of amides is 1. The van der Waals surface area contributed by atoms with Gasteiger partial charge in [0, 0.05) is 56.9 Å². The van der Waals surface area contributed by atoms with E-state index in [1.54, 1.807) is 0 Å². The highest BCUT2D eigenvalue weighted by molar-refractivity contribution is 6.32. The zero-order valence-corrected chi connectivity index (χ0v) is 12.8. The molecule has 3 fully saturated rings. The van der Waals surface area contributed by atoms with Gasteiger partial charge in [0.25, 0.3) is 11.6 Å². The Morgan fingerprint density at radius 2 is 2.09 bits per heavy atom. The molecular formula is C14H17ClN4O3.